The molecule has 0 spiro atoms. The third-order valence-electron chi connectivity index (χ3n) is 5.94. The van der Waals surface area contributed by atoms with Crippen molar-refractivity contribution in [2.45, 2.75) is 39.7 Å². The van der Waals surface area contributed by atoms with Crippen LogP contribution in [0, 0.1) is 12.8 Å². The highest BCUT2D eigenvalue weighted by Crippen LogP contribution is 2.27. The van der Waals surface area contributed by atoms with Crippen molar-refractivity contribution in [3.63, 3.8) is 0 Å². The van der Waals surface area contributed by atoms with Crippen molar-refractivity contribution in [3.05, 3.63) is 60.5 Å². The van der Waals surface area contributed by atoms with Crippen LogP contribution >= 0.6 is 0 Å². The van der Waals surface area contributed by atoms with E-state index in [1.165, 1.54) is 5.56 Å². The number of imidazole rings is 1. The summed E-state index contributed by atoms with van der Waals surface area (Å²) < 4.78 is 7.91. The fourth-order valence-electron chi connectivity index (χ4n) is 4.05. The van der Waals surface area contributed by atoms with E-state index in [1.807, 2.05) is 24.7 Å². The molecule has 1 aliphatic rings. The molecule has 2 aromatic heterocycles. The topological polar surface area (TPSA) is 71.5 Å². The number of hydrogen-bond donors (Lipinski definition) is 1. The lowest BCUT2D eigenvalue weighted by Crippen LogP contribution is -2.49. The minimum absolute atomic E-state index is 0.410. The molecule has 3 heterocycles. The van der Waals surface area contributed by atoms with E-state index >= 15 is 0 Å². The van der Waals surface area contributed by atoms with Crippen molar-refractivity contribution in [2.24, 2.45) is 10.9 Å². The maximum Gasteiger partial charge on any atom is 0.226 e. The maximum atomic E-state index is 5.68. The van der Waals surface area contributed by atoms with Gasteiger partial charge in [-0.05, 0) is 38.3 Å². The van der Waals surface area contributed by atoms with Gasteiger partial charge in [0.25, 0.3) is 0 Å². The normalized spacial score (nSPS) is 19.6. The van der Waals surface area contributed by atoms with Gasteiger partial charge in [-0.3, -0.25) is 4.99 Å². The van der Waals surface area contributed by atoms with Gasteiger partial charge in [0.1, 0.15) is 6.26 Å². The van der Waals surface area contributed by atoms with E-state index in [-0.39, 0.29) is 0 Å². The Kier molecular flexibility index (Phi) is 6.70. The van der Waals surface area contributed by atoms with Crippen LogP contribution in [0.1, 0.15) is 37.6 Å². The Hall–Kier alpha value is -3.09. The van der Waals surface area contributed by atoms with Gasteiger partial charge in [-0.15, -0.1) is 0 Å². The van der Waals surface area contributed by atoms with Crippen molar-refractivity contribution in [1.82, 2.24) is 24.8 Å². The van der Waals surface area contributed by atoms with Gasteiger partial charge in [0.15, 0.2) is 5.96 Å². The maximum absolute atomic E-state index is 5.68. The Balaban J connectivity index is 1.39. The van der Waals surface area contributed by atoms with Crippen LogP contribution in [0.5, 0.6) is 0 Å². The van der Waals surface area contributed by atoms with Crippen molar-refractivity contribution in [3.8, 4) is 11.5 Å². The summed E-state index contributed by atoms with van der Waals surface area (Å²) in [6, 6.07) is 8.64. The Morgan fingerprint density at radius 1 is 1.29 bits per heavy atom. The molecule has 1 saturated heterocycles. The van der Waals surface area contributed by atoms with E-state index in [1.54, 1.807) is 6.26 Å². The molecule has 1 aromatic carbocycles. The summed E-state index contributed by atoms with van der Waals surface area (Å²) in [5.74, 6) is 2.25. The van der Waals surface area contributed by atoms with Crippen LogP contribution in [0.15, 0.2) is 58.7 Å². The quantitative estimate of drug-likeness (QED) is 0.483. The largest absolute Gasteiger partial charge is 0.444 e. The molecule has 0 bridgehead atoms. The number of aromatic nitrogens is 3. The number of hydrogen-bond acceptors (Lipinski definition) is 4. The van der Waals surface area contributed by atoms with E-state index in [2.05, 4.69) is 63.9 Å². The van der Waals surface area contributed by atoms with Crippen molar-refractivity contribution >= 4 is 5.96 Å². The van der Waals surface area contributed by atoms with Crippen LogP contribution in [0.2, 0.25) is 0 Å². The Morgan fingerprint density at radius 2 is 2.13 bits per heavy atom. The average molecular weight is 421 g/mol. The molecule has 2 unspecified atom stereocenters. The lowest BCUT2D eigenvalue weighted by Gasteiger charge is -2.39. The highest BCUT2D eigenvalue weighted by molar-refractivity contribution is 5.80. The lowest BCUT2D eigenvalue weighted by atomic mass is 9.93. The zero-order valence-electron chi connectivity index (χ0n) is 18.7. The molecule has 7 nitrogen and oxygen atoms in total. The summed E-state index contributed by atoms with van der Waals surface area (Å²) >= 11 is 0. The van der Waals surface area contributed by atoms with E-state index in [9.17, 15) is 0 Å². The molecule has 1 fully saturated rings. The van der Waals surface area contributed by atoms with Crippen LogP contribution in [0.4, 0.5) is 0 Å². The molecule has 1 N–H and O–H groups in total. The second kappa shape index (κ2) is 9.81. The standard InChI is InChI=1S/C24H32N6O/c1-4-26-24(29-13-10-19(3)22(15-29)30-14-12-25-17-30)27-11-9-21-16-31-23(28-21)20-7-5-18(2)6-8-20/h5-8,12,14,16-17,19,22H,4,9-11,13,15H2,1-3H3,(H,26,27). The predicted octanol–water partition coefficient (Wildman–Crippen LogP) is 3.94. The van der Waals surface area contributed by atoms with Gasteiger partial charge in [-0.1, -0.05) is 24.6 Å². The number of aryl methyl sites for hydroxylation is 1. The number of nitrogens with one attached hydrogen (secondary N) is 1. The van der Waals surface area contributed by atoms with E-state index in [0.29, 0.717) is 24.4 Å². The molecule has 7 heteroatoms. The van der Waals surface area contributed by atoms with Crippen LogP contribution < -0.4 is 5.32 Å². The summed E-state index contributed by atoms with van der Waals surface area (Å²) in [6.07, 6.45) is 9.47. The molecule has 164 valence electrons. The fraction of sp³-hybridized carbons (Fsp3) is 0.458. The lowest BCUT2D eigenvalue weighted by molar-refractivity contribution is 0.189. The highest BCUT2D eigenvalue weighted by atomic mass is 16.3. The number of benzene rings is 1. The third kappa shape index (κ3) is 5.16. The first-order valence-electron chi connectivity index (χ1n) is 11.2. The second-order valence-corrected chi connectivity index (χ2v) is 8.28. The molecule has 0 saturated carbocycles. The summed E-state index contributed by atoms with van der Waals surface area (Å²) in [4.78, 5) is 16.1. The molecule has 0 radical (unpaired) electrons. The average Bonchev–Trinajstić information content (AvgIpc) is 3.47. The van der Waals surface area contributed by atoms with E-state index < -0.39 is 0 Å². The van der Waals surface area contributed by atoms with Crippen molar-refractivity contribution in [1.29, 1.82) is 0 Å². The van der Waals surface area contributed by atoms with Crippen LogP contribution in [-0.2, 0) is 6.42 Å². The number of oxazole rings is 1. The smallest absolute Gasteiger partial charge is 0.226 e. The Labute approximate surface area is 184 Å². The second-order valence-electron chi connectivity index (χ2n) is 8.28. The molecule has 0 aliphatic carbocycles. The Morgan fingerprint density at radius 3 is 2.87 bits per heavy atom. The number of guanidine groups is 1. The molecule has 4 rings (SSSR count). The molecule has 3 aromatic rings. The fourth-order valence-corrected chi connectivity index (χ4v) is 4.05. The first-order valence-corrected chi connectivity index (χ1v) is 11.2. The zero-order valence-corrected chi connectivity index (χ0v) is 18.7. The highest BCUT2D eigenvalue weighted by Gasteiger charge is 2.28. The number of rotatable bonds is 6. The number of likely N-dealkylation sites (tertiary alicyclic amines) is 1. The first kappa shape index (κ1) is 21.2. The number of nitrogens with zero attached hydrogens (tertiary/aromatic N) is 5. The van der Waals surface area contributed by atoms with Gasteiger partial charge in [-0.25, -0.2) is 9.97 Å². The van der Waals surface area contributed by atoms with E-state index in [0.717, 1.165) is 49.7 Å². The monoisotopic (exact) mass is 420 g/mol. The molecular weight excluding hydrogens is 388 g/mol. The summed E-state index contributed by atoms with van der Waals surface area (Å²) in [6.45, 7) is 9.98. The SMILES string of the molecule is CCNC(=NCCc1coc(-c2ccc(C)cc2)n1)N1CCC(C)C(n2ccnc2)C1. The molecular formula is C24H32N6O. The molecule has 1 aliphatic heterocycles. The Bertz CT molecular complexity index is 976. The van der Waals surface area contributed by atoms with Gasteiger partial charge in [0.2, 0.25) is 5.89 Å². The van der Waals surface area contributed by atoms with Crippen LogP contribution in [0.25, 0.3) is 11.5 Å². The molecule has 31 heavy (non-hydrogen) atoms. The number of aliphatic imine (C=N–C) groups is 1. The summed E-state index contributed by atoms with van der Waals surface area (Å²) in [5, 5.41) is 3.46. The summed E-state index contributed by atoms with van der Waals surface area (Å²) in [7, 11) is 0. The van der Waals surface area contributed by atoms with Gasteiger partial charge >= 0.3 is 0 Å². The minimum Gasteiger partial charge on any atom is -0.444 e. The van der Waals surface area contributed by atoms with Gasteiger partial charge in [-0.2, -0.15) is 0 Å². The van der Waals surface area contributed by atoms with Gasteiger partial charge < -0.3 is 19.2 Å². The number of piperidine rings is 1. The van der Waals surface area contributed by atoms with E-state index in [4.69, 9.17) is 9.41 Å². The zero-order chi connectivity index (χ0) is 21.6. The van der Waals surface area contributed by atoms with Crippen LogP contribution in [-0.4, -0.2) is 51.6 Å². The summed E-state index contributed by atoms with van der Waals surface area (Å²) in [5.41, 5.74) is 3.16. The third-order valence-corrected chi connectivity index (χ3v) is 5.94. The first-order chi connectivity index (χ1) is 15.1. The van der Waals surface area contributed by atoms with Crippen LogP contribution in [0.3, 0.4) is 0 Å². The van der Waals surface area contributed by atoms with Gasteiger partial charge in [0, 0.05) is 50.6 Å². The van der Waals surface area contributed by atoms with Gasteiger partial charge in [0.05, 0.1) is 18.1 Å². The molecule has 2 atom stereocenters. The molecule has 0 amide bonds. The minimum atomic E-state index is 0.410. The predicted molar refractivity (Wildman–Crippen MR) is 123 cm³/mol. The van der Waals surface area contributed by atoms with Crippen molar-refractivity contribution < 1.29 is 4.42 Å². The van der Waals surface area contributed by atoms with Crippen molar-refractivity contribution in [2.75, 3.05) is 26.2 Å².